The lowest BCUT2D eigenvalue weighted by molar-refractivity contribution is -0.121. The Labute approximate surface area is 190 Å². The summed E-state index contributed by atoms with van der Waals surface area (Å²) in [6, 6.07) is 22.3. The van der Waals surface area contributed by atoms with Crippen LogP contribution in [0.1, 0.15) is 22.8 Å². The van der Waals surface area contributed by atoms with Crippen molar-refractivity contribution in [1.82, 2.24) is 0 Å². The van der Waals surface area contributed by atoms with Crippen molar-refractivity contribution in [1.29, 1.82) is 0 Å². The zero-order valence-corrected chi connectivity index (χ0v) is 18.1. The molecule has 2 aliphatic heterocycles. The van der Waals surface area contributed by atoms with Gasteiger partial charge in [0.15, 0.2) is 5.78 Å². The van der Waals surface area contributed by atoms with Gasteiger partial charge in [0.1, 0.15) is 17.7 Å². The molecule has 164 valence electrons. The minimum absolute atomic E-state index is 0.0818. The number of fused-ring (bicyclic) bond motifs is 1. The number of para-hydroxylation sites is 1. The summed E-state index contributed by atoms with van der Waals surface area (Å²) < 4.78 is 5.24. The summed E-state index contributed by atoms with van der Waals surface area (Å²) in [4.78, 5) is 40.0. The Morgan fingerprint density at radius 2 is 1.52 bits per heavy atom. The summed E-state index contributed by atoms with van der Waals surface area (Å²) in [5, 5.41) is 6.36. The van der Waals surface area contributed by atoms with Gasteiger partial charge in [-0.25, -0.2) is 4.90 Å². The van der Waals surface area contributed by atoms with Crippen molar-refractivity contribution in [2.24, 2.45) is 11.0 Å². The van der Waals surface area contributed by atoms with E-state index >= 15 is 0 Å². The molecule has 2 atom stereocenters. The number of hydrogen-bond donors (Lipinski definition) is 0. The molecule has 0 radical (unpaired) electrons. The Morgan fingerprint density at radius 1 is 0.848 bits per heavy atom. The normalized spacial score (nSPS) is 19.5. The Hall–Kier alpha value is -4.26. The van der Waals surface area contributed by atoms with Crippen molar-refractivity contribution in [3.63, 3.8) is 0 Å². The molecular formula is C26H21N3O4. The van der Waals surface area contributed by atoms with Crippen LogP contribution in [0, 0.1) is 5.92 Å². The van der Waals surface area contributed by atoms with E-state index in [0.29, 0.717) is 22.7 Å². The number of hydrogen-bond acceptors (Lipinski definition) is 6. The quantitative estimate of drug-likeness (QED) is 0.448. The summed E-state index contributed by atoms with van der Waals surface area (Å²) in [5.74, 6) is -0.833. The maximum absolute atomic E-state index is 13.6. The predicted molar refractivity (Wildman–Crippen MR) is 125 cm³/mol. The highest BCUT2D eigenvalue weighted by atomic mass is 16.5. The summed E-state index contributed by atoms with van der Waals surface area (Å²) in [5.41, 5.74) is 2.97. The number of nitrogens with zero attached hydrogens (tertiary/aromatic N) is 3. The van der Waals surface area contributed by atoms with Crippen molar-refractivity contribution in [3.8, 4) is 5.75 Å². The third-order valence-corrected chi connectivity index (χ3v) is 5.99. The first-order valence-electron chi connectivity index (χ1n) is 10.6. The van der Waals surface area contributed by atoms with Gasteiger partial charge in [-0.2, -0.15) is 5.10 Å². The van der Waals surface area contributed by atoms with Crippen LogP contribution in [0.3, 0.4) is 0 Å². The van der Waals surface area contributed by atoms with Crippen LogP contribution in [-0.2, 0) is 9.59 Å². The second-order valence-corrected chi connectivity index (χ2v) is 7.93. The van der Waals surface area contributed by atoms with Crippen LogP contribution in [-0.4, -0.2) is 36.5 Å². The van der Waals surface area contributed by atoms with Crippen molar-refractivity contribution < 1.29 is 19.1 Å². The van der Waals surface area contributed by atoms with E-state index in [9.17, 15) is 14.4 Å². The number of rotatable bonds is 5. The third-order valence-electron chi connectivity index (χ3n) is 5.99. The fraction of sp³-hybridized carbons (Fsp3) is 0.154. The van der Waals surface area contributed by atoms with Gasteiger partial charge in [0.05, 0.1) is 24.2 Å². The van der Waals surface area contributed by atoms with Gasteiger partial charge in [0.25, 0.3) is 5.91 Å². The van der Waals surface area contributed by atoms with E-state index in [1.165, 1.54) is 11.8 Å². The largest absolute Gasteiger partial charge is 0.497 e. The van der Waals surface area contributed by atoms with Crippen LogP contribution >= 0.6 is 0 Å². The number of hydrazone groups is 1. The Kier molecular flexibility index (Phi) is 5.01. The van der Waals surface area contributed by atoms with E-state index in [4.69, 9.17) is 9.84 Å². The zero-order chi connectivity index (χ0) is 23.1. The van der Waals surface area contributed by atoms with Crippen molar-refractivity contribution in [2.75, 3.05) is 17.0 Å². The molecule has 1 fully saturated rings. The maximum atomic E-state index is 13.6. The second-order valence-electron chi connectivity index (χ2n) is 7.93. The van der Waals surface area contributed by atoms with Gasteiger partial charge >= 0.3 is 0 Å². The number of benzene rings is 3. The average Bonchev–Trinajstić information content (AvgIpc) is 3.36. The van der Waals surface area contributed by atoms with Crippen molar-refractivity contribution >= 4 is 34.7 Å². The molecule has 1 saturated heterocycles. The van der Waals surface area contributed by atoms with Gasteiger partial charge in [0, 0.05) is 5.56 Å². The molecule has 7 heteroatoms. The van der Waals surface area contributed by atoms with Gasteiger partial charge in [-0.05, 0) is 73.2 Å². The Bertz CT molecular complexity index is 1270. The van der Waals surface area contributed by atoms with E-state index in [1.54, 1.807) is 48.5 Å². The van der Waals surface area contributed by atoms with E-state index < -0.39 is 12.0 Å². The highest BCUT2D eigenvalue weighted by Gasteiger charge is 2.57. The SMILES string of the molecule is COc1ccc(C2=NN(c3ccccc3)[C@@H]3C(=O)N(c4ccc(C(C)=O)cc4)C(=O)[C@@H]23)cc1. The van der Waals surface area contributed by atoms with Crippen molar-refractivity contribution in [2.45, 2.75) is 13.0 Å². The minimum atomic E-state index is -0.788. The van der Waals surface area contributed by atoms with Gasteiger partial charge in [0.2, 0.25) is 5.91 Å². The molecule has 33 heavy (non-hydrogen) atoms. The number of ketones is 1. The lowest BCUT2D eigenvalue weighted by atomic mass is 9.92. The molecule has 2 aliphatic rings. The van der Waals surface area contributed by atoms with E-state index in [0.717, 1.165) is 11.3 Å². The molecule has 0 aromatic heterocycles. The number of amides is 2. The van der Waals surface area contributed by atoms with Crippen LogP contribution in [0.4, 0.5) is 11.4 Å². The summed E-state index contributed by atoms with van der Waals surface area (Å²) in [6.07, 6.45) is 0. The van der Waals surface area contributed by atoms with Crippen LogP contribution in [0.25, 0.3) is 0 Å². The number of carbonyl (C=O) groups is 3. The summed E-state index contributed by atoms with van der Waals surface area (Å²) in [6.45, 7) is 1.47. The highest BCUT2D eigenvalue weighted by Crippen LogP contribution is 2.39. The van der Waals surface area contributed by atoms with E-state index in [1.807, 2.05) is 42.5 Å². The molecule has 0 aliphatic carbocycles. The minimum Gasteiger partial charge on any atom is -0.497 e. The summed E-state index contributed by atoms with van der Waals surface area (Å²) >= 11 is 0. The number of Topliss-reactive ketones (excluding diaryl/α,β-unsaturated/α-hetero) is 1. The van der Waals surface area contributed by atoms with Crippen LogP contribution in [0.5, 0.6) is 5.75 Å². The number of ether oxygens (including phenoxy) is 1. The lowest BCUT2D eigenvalue weighted by Gasteiger charge is -2.22. The summed E-state index contributed by atoms with van der Waals surface area (Å²) in [7, 11) is 1.59. The Morgan fingerprint density at radius 3 is 2.12 bits per heavy atom. The van der Waals surface area contributed by atoms with Gasteiger partial charge < -0.3 is 4.74 Å². The smallest absolute Gasteiger partial charge is 0.259 e. The highest BCUT2D eigenvalue weighted by molar-refractivity contribution is 6.34. The molecule has 3 aromatic carbocycles. The molecule has 2 heterocycles. The first-order chi connectivity index (χ1) is 16.0. The predicted octanol–water partition coefficient (Wildman–Crippen LogP) is 3.68. The molecule has 5 rings (SSSR count). The molecule has 0 spiro atoms. The number of anilines is 2. The van der Waals surface area contributed by atoms with Gasteiger partial charge in [-0.1, -0.05) is 18.2 Å². The molecule has 0 saturated carbocycles. The number of imide groups is 1. The maximum Gasteiger partial charge on any atom is 0.259 e. The molecule has 2 amide bonds. The number of carbonyl (C=O) groups excluding carboxylic acids is 3. The topological polar surface area (TPSA) is 79.3 Å². The zero-order valence-electron chi connectivity index (χ0n) is 18.1. The Balaban J connectivity index is 1.58. The van der Waals surface area contributed by atoms with Crippen LogP contribution in [0.2, 0.25) is 0 Å². The standard InChI is InChI=1S/C26H21N3O4/c1-16(30)17-8-12-19(13-9-17)28-25(31)22-23(18-10-14-21(33-2)15-11-18)27-29(24(22)26(28)32)20-6-4-3-5-7-20/h3-15,22,24H,1-2H3/t22-,24-/m0/s1. The third kappa shape index (κ3) is 3.38. The molecule has 0 bridgehead atoms. The van der Waals surface area contributed by atoms with Crippen LogP contribution in [0.15, 0.2) is 84.0 Å². The average molecular weight is 439 g/mol. The fourth-order valence-corrected chi connectivity index (χ4v) is 4.31. The van der Waals surface area contributed by atoms with Gasteiger partial charge in [-0.3, -0.25) is 19.4 Å². The first kappa shape index (κ1) is 20.6. The van der Waals surface area contributed by atoms with Gasteiger partial charge in [-0.15, -0.1) is 0 Å². The van der Waals surface area contributed by atoms with Crippen molar-refractivity contribution in [3.05, 3.63) is 90.0 Å². The molecule has 0 N–H and O–H groups in total. The second kappa shape index (κ2) is 8.02. The number of methoxy groups -OCH3 is 1. The fourth-order valence-electron chi connectivity index (χ4n) is 4.31. The molecule has 0 unspecified atom stereocenters. The molecule has 3 aromatic rings. The molecule has 7 nitrogen and oxygen atoms in total. The lowest BCUT2D eigenvalue weighted by Crippen LogP contribution is -2.39. The monoisotopic (exact) mass is 439 g/mol. The van der Waals surface area contributed by atoms with E-state index in [2.05, 4.69) is 0 Å². The van der Waals surface area contributed by atoms with E-state index in [-0.39, 0.29) is 17.6 Å². The first-order valence-corrected chi connectivity index (χ1v) is 10.6. The molecular weight excluding hydrogens is 418 g/mol. The van der Waals surface area contributed by atoms with Crippen LogP contribution < -0.4 is 14.6 Å².